The molecule has 0 aliphatic heterocycles. The number of carbonyl (C=O) groups excluding carboxylic acids is 1. The molecule has 1 N–H and O–H groups in total. The first-order valence-electron chi connectivity index (χ1n) is 6.83. The molecule has 2 rings (SSSR count). The van der Waals surface area contributed by atoms with E-state index in [0.29, 0.717) is 6.42 Å². The summed E-state index contributed by atoms with van der Waals surface area (Å²) < 4.78 is 6.86. The van der Waals surface area contributed by atoms with Crippen LogP contribution in [0.3, 0.4) is 0 Å². The van der Waals surface area contributed by atoms with Crippen molar-refractivity contribution in [3.05, 3.63) is 35.9 Å². The van der Waals surface area contributed by atoms with E-state index in [-0.39, 0.29) is 11.9 Å². The molecule has 0 aliphatic carbocycles. The summed E-state index contributed by atoms with van der Waals surface area (Å²) in [6.45, 7) is 5.68. The summed E-state index contributed by atoms with van der Waals surface area (Å²) in [5.74, 6) is 2.24. The molecule has 1 atom stereocenters. The number of ether oxygens (including phenoxy) is 1. The quantitative estimate of drug-likeness (QED) is 0.917. The molecule has 0 saturated carbocycles. The fourth-order valence-corrected chi connectivity index (χ4v) is 2.19. The van der Waals surface area contributed by atoms with Gasteiger partial charge in [-0.15, -0.1) is 0 Å². The molecule has 2 aromatic rings. The number of benzene rings is 1. The van der Waals surface area contributed by atoms with E-state index >= 15 is 0 Å². The summed E-state index contributed by atoms with van der Waals surface area (Å²) in [7, 11) is 1.61. The van der Waals surface area contributed by atoms with Crippen LogP contribution in [0.4, 0.5) is 5.69 Å². The third-order valence-corrected chi connectivity index (χ3v) is 3.18. The Morgan fingerprint density at radius 3 is 2.52 bits per heavy atom. The van der Waals surface area contributed by atoms with Gasteiger partial charge in [-0.05, 0) is 45.0 Å². The Labute approximate surface area is 124 Å². The molecule has 1 aromatic heterocycles. The monoisotopic (exact) mass is 288 g/mol. The molecule has 1 unspecified atom stereocenters. The maximum absolute atomic E-state index is 12.1. The van der Waals surface area contributed by atoms with E-state index in [9.17, 15) is 4.79 Å². The number of methoxy groups -OCH3 is 1. The van der Waals surface area contributed by atoms with E-state index in [2.05, 4.69) is 15.4 Å². The molecule has 21 heavy (non-hydrogen) atoms. The van der Waals surface area contributed by atoms with Crippen molar-refractivity contribution in [2.75, 3.05) is 12.4 Å². The summed E-state index contributed by atoms with van der Waals surface area (Å²) in [5, 5.41) is 7.17. The Bertz CT molecular complexity index is 619. The van der Waals surface area contributed by atoms with Crippen molar-refractivity contribution in [2.45, 2.75) is 33.2 Å². The number of rotatable bonds is 5. The summed E-state index contributed by atoms with van der Waals surface area (Å²) >= 11 is 0. The smallest absolute Gasteiger partial charge is 0.226 e. The van der Waals surface area contributed by atoms with E-state index < -0.39 is 0 Å². The van der Waals surface area contributed by atoms with Crippen LogP contribution in [0.15, 0.2) is 24.3 Å². The van der Waals surface area contributed by atoms with Crippen LogP contribution < -0.4 is 10.1 Å². The molecule has 0 fully saturated rings. The van der Waals surface area contributed by atoms with Crippen molar-refractivity contribution < 1.29 is 9.53 Å². The highest BCUT2D eigenvalue weighted by atomic mass is 16.5. The lowest BCUT2D eigenvalue weighted by Gasteiger charge is -2.13. The summed E-state index contributed by atoms with van der Waals surface area (Å²) in [4.78, 5) is 16.3. The minimum atomic E-state index is -0.0554. The SMILES string of the molecule is COc1ccc(NC(=O)CC(C)n2nc(C)nc2C)cc1. The number of carbonyl (C=O) groups is 1. The third-order valence-electron chi connectivity index (χ3n) is 3.18. The topological polar surface area (TPSA) is 69.0 Å². The second kappa shape index (κ2) is 6.39. The number of hydrogen-bond donors (Lipinski definition) is 1. The van der Waals surface area contributed by atoms with Gasteiger partial charge in [0.2, 0.25) is 5.91 Å². The number of nitrogens with one attached hydrogen (secondary N) is 1. The summed E-state index contributed by atoms with van der Waals surface area (Å²) in [6.07, 6.45) is 0.343. The van der Waals surface area contributed by atoms with E-state index in [4.69, 9.17) is 4.74 Å². The standard InChI is InChI=1S/C15H20N4O2/c1-10(19-12(3)16-11(2)18-19)9-15(20)17-13-5-7-14(21-4)8-6-13/h5-8,10H,9H2,1-4H3,(H,17,20). The number of nitrogens with zero attached hydrogens (tertiary/aromatic N) is 3. The van der Waals surface area contributed by atoms with Gasteiger partial charge in [0.1, 0.15) is 17.4 Å². The van der Waals surface area contributed by atoms with Crippen molar-refractivity contribution in [1.82, 2.24) is 14.8 Å². The van der Waals surface area contributed by atoms with Gasteiger partial charge in [0.15, 0.2) is 0 Å². The van der Waals surface area contributed by atoms with Gasteiger partial charge in [-0.2, -0.15) is 5.10 Å². The van der Waals surface area contributed by atoms with Gasteiger partial charge in [0.05, 0.1) is 13.2 Å². The summed E-state index contributed by atoms with van der Waals surface area (Å²) in [5.41, 5.74) is 0.750. The maximum atomic E-state index is 12.1. The van der Waals surface area contributed by atoms with Gasteiger partial charge < -0.3 is 10.1 Å². The highest BCUT2D eigenvalue weighted by Gasteiger charge is 2.14. The largest absolute Gasteiger partial charge is 0.497 e. The molecule has 6 heteroatoms. The second-order valence-electron chi connectivity index (χ2n) is 4.98. The molecule has 0 radical (unpaired) electrons. The molecule has 0 bridgehead atoms. The van der Waals surface area contributed by atoms with Crippen LogP contribution in [0.25, 0.3) is 0 Å². The fraction of sp³-hybridized carbons (Fsp3) is 0.400. The maximum Gasteiger partial charge on any atom is 0.226 e. The van der Waals surface area contributed by atoms with Crippen LogP contribution in [0, 0.1) is 13.8 Å². The van der Waals surface area contributed by atoms with Crippen LogP contribution in [0.1, 0.15) is 31.0 Å². The number of amides is 1. The minimum Gasteiger partial charge on any atom is -0.497 e. The van der Waals surface area contributed by atoms with Crippen LogP contribution in [-0.4, -0.2) is 27.8 Å². The second-order valence-corrected chi connectivity index (χ2v) is 4.98. The highest BCUT2D eigenvalue weighted by Crippen LogP contribution is 2.17. The van der Waals surface area contributed by atoms with Crippen molar-refractivity contribution in [3.63, 3.8) is 0 Å². The van der Waals surface area contributed by atoms with Gasteiger partial charge in [0.25, 0.3) is 0 Å². The molecule has 0 spiro atoms. The van der Waals surface area contributed by atoms with E-state index in [1.165, 1.54) is 0 Å². The van der Waals surface area contributed by atoms with Crippen molar-refractivity contribution >= 4 is 11.6 Å². The first-order chi connectivity index (χ1) is 9.99. The predicted octanol–water partition coefficient (Wildman–Crippen LogP) is 2.49. The van der Waals surface area contributed by atoms with Gasteiger partial charge in [-0.25, -0.2) is 9.67 Å². The van der Waals surface area contributed by atoms with E-state index in [0.717, 1.165) is 23.1 Å². The van der Waals surface area contributed by atoms with Gasteiger partial charge in [-0.1, -0.05) is 0 Å². The first kappa shape index (κ1) is 15.0. The first-order valence-corrected chi connectivity index (χ1v) is 6.83. The molecule has 1 aromatic carbocycles. The van der Waals surface area contributed by atoms with Crippen molar-refractivity contribution in [2.24, 2.45) is 0 Å². The molecule has 0 aliphatic rings. The van der Waals surface area contributed by atoms with Gasteiger partial charge >= 0.3 is 0 Å². The van der Waals surface area contributed by atoms with Crippen molar-refractivity contribution in [3.8, 4) is 5.75 Å². The van der Waals surface area contributed by atoms with E-state index in [1.807, 2.05) is 45.0 Å². The fourth-order valence-electron chi connectivity index (χ4n) is 2.19. The molecular weight excluding hydrogens is 268 g/mol. The Hall–Kier alpha value is -2.37. The minimum absolute atomic E-state index is 0.0375. The number of anilines is 1. The zero-order chi connectivity index (χ0) is 15.4. The van der Waals surface area contributed by atoms with Crippen LogP contribution in [0.5, 0.6) is 5.75 Å². The van der Waals surface area contributed by atoms with Crippen LogP contribution in [0.2, 0.25) is 0 Å². The third kappa shape index (κ3) is 3.81. The highest BCUT2D eigenvalue weighted by molar-refractivity contribution is 5.90. The van der Waals surface area contributed by atoms with Gasteiger partial charge in [0, 0.05) is 12.1 Å². The van der Waals surface area contributed by atoms with Crippen LogP contribution >= 0.6 is 0 Å². The zero-order valence-electron chi connectivity index (χ0n) is 12.8. The van der Waals surface area contributed by atoms with Crippen LogP contribution in [-0.2, 0) is 4.79 Å². The normalized spacial score (nSPS) is 12.0. The zero-order valence-corrected chi connectivity index (χ0v) is 12.8. The molecule has 1 heterocycles. The molecule has 1 amide bonds. The molecule has 112 valence electrons. The Morgan fingerprint density at radius 1 is 1.33 bits per heavy atom. The predicted molar refractivity (Wildman–Crippen MR) is 80.4 cm³/mol. The lowest BCUT2D eigenvalue weighted by Crippen LogP contribution is -2.19. The number of hydrogen-bond acceptors (Lipinski definition) is 4. The number of aryl methyl sites for hydroxylation is 2. The molecule has 6 nitrogen and oxygen atoms in total. The van der Waals surface area contributed by atoms with E-state index in [1.54, 1.807) is 11.8 Å². The lowest BCUT2D eigenvalue weighted by atomic mass is 10.2. The average Bonchev–Trinajstić information content (AvgIpc) is 2.78. The van der Waals surface area contributed by atoms with Crippen molar-refractivity contribution in [1.29, 1.82) is 0 Å². The molecular formula is C15H20N4O2. The summed E-state index contributed by atoms with van der Waals surface area (Å²) in [6, 6.07) is 7.20. The number of aromatic nitrogens is 3. The Morgan fingerprint density at radius 2 is 2.00 bits per heavy atom. The average molecular weight is 288 g/mol. The lowest BCUT2D eigenvalue weighted by molar-refractivity contribution is -0.116. The Balaban J connectivity index is 1.96. The Kier molecular flexibility index (Phi) is 4.57. The van der Waals surface area contributed by atoms with Gasteiger partial charge in [-0.3, -0.25) is 4.79 Å². The molecule has 0 saturated heterocycles.